The van der Waals surface area contributed by atoms with Crippen LogP contribution in [-0.4, -0.2) is 27.0 Å². The maximum Gasteiger partial charge on any atom is 0.305 e. The van der Waals surface area contributed by atoms with Crippen molar-refractivity contribution in [2.24, 2.45) is 5.92 Å². The van der Waals surface area contributed by atoms with Crippen molar-refractivity contribution < 1.29 is 14.8 Å². The lowest BCUT2D eigenvalue weighted by Gasteiger charge is -2.17. The minimum Gasteiger partial charge on any atom is -0.481 e. The molecule has 1 fully saturated rings. The third-order valence-electron chi connectivity index (χ3n) is 3.11. The smallest absolute Gasteiger partial charge is 0.305 e. The summed E-state index contributed by atoms with van der Waals surface area (Å²) in [5.74, 6) is -0.499. The van der Waals surface area contributed by atoms with Crippen LogP contribution in [0.5, 0.6) is 0 Å². The van der Waals surface area contributed by atoms with Crippen LogP contribution in [0, 0.1) is 27.4 Å². The van der Waals surface area contributed by atoms with Gasteiger partial charge in [0.05, 0.1) is 11.3 Å². The predicted molar refractivity (Wildman–Crippen MR) is 68.0 cm³/mol. The molecule has 1 aromatic heterocycles. The van der Waals surface area contributed by atoms with Gasteiger partial charge in [-0.2, -0.15) is 5.26 Å². The molecule has 1 aromatic rings. The van der Waals surface area contributed by atoms with Crippen LogP contribution >= 0.6 is 0 Å². The second-order valence-corrected chi connectivity index (χ2v) is 4.64. The summed E-state index contributed by atoms with van der Waals surface area (Å²) < 4.78 is 0. The number of nitro groups is 1. The Morgan fingerprint density at radius 2 is 2.40 bits per heavy atom. The molecule has 104 valence electrons. The van der Waals surface area contributed by atoms with E-state index in [9.17, 15) is 14.9 Å². The van der Waals surface area contributed by atoms with Crippen LogP contribution in [0.4, 0.5) is 11.5 Å². The Morgan fingerprint density at radius 3 is 2.90 bits per heavy atom. The quantitative estimate of drug-likeness (QED) is 0.595. The van der Waals surface area contributed by atoms with Crippen LogP contribution in [0.15, 0.2) is 12.3 Å². The second kappa shape index (κ2) is 5.52. The van der Waals surface area contributed by atoms with Gasteiger partial charge in [0.15, 0.2) is 0 Å². The van der Waals surface area contributed by atoms with Crippen molar-refractivity contribution in [3.05, 3.63) is 27.9 Å². The summed E-state index contributed by atoms with van der Waals surface area (Å²) in [6.07, 6.45) is 2.84. The van der Waals surface area contributed by atoms with Crippen LogP contribution in [0.1, 0.15) is 24.8 Å². The van der Waals surface area contributed by atoms with E-state index in [2.05, 4.69) is 10.3 Å². The van der Waals surface area contributed by atoms with Crippen LogP contribution in [0.3, 0.4) is 0 Å². The summed E-state index contributed by atoms with van der Waals surface area (Å²) in [7, 11) is 0. The Bertz CT molecular complexity index is 592. The highest BCUT2D eigenvalue weighted by molar-refractivity contribution is 5.68. The molecule has 8 heteroatoms. The van der Waals surface area contributed by atoms with Gasteiger partial charge in [-0.3, -0.25) is 14.9 Å². The van der Waals surface area contributed by atoms with Gasteiger partial charge < -0.3 is 10.4 Å². The first-order valence-corrected chi connectivity index (χ1v) is 6.04. The summed E-state index contributed by atoms with van der Waals surface area (Å²) in [5.41, 5.74) is -0.233. The fourth-order valence-electron chi connectivity index (χ4n) is 1.95. The summed E-state index contributed by atoms with van der Waals surface area (Å²) in [6.45, 7) is 0. The van der Waals surface area contributed by atoms with Gasteiger partial charge in [0.2, 0.25) is 0 Å². The number of hydrogen-bond acceptors (Lipinski definition) is 6. The number of carboxylic acids is 1. The molecule has 2 N–H and O–H groups in total. The van der Waals surface area contributed by atoms with Crippen molar-refractivity contribution in [1.29, 1.82) is 5.26 Å². The van der Waals surface area contributed by atoms with Gasteiger partial charge in [-0.05, 0) is 18.8 Å². The average Bonchev–Trinajstić information content (AvgIpc) is 3.21. The highest BCUT2D eigenvalue weighted by Gasteiger charge is 2.33. The number of carboxylic acid groups (broad SMARTS) is 1. The van der Waals surface area contributed by atoms with E-state index in [4.69, 9.17) is 10.4 Å². The van der Waals surface area contributed by atoms with E-state index in [1.807, 2.05) is 6.07 Å². The average molecular weight is 276 g/mol. The summed E-state index contributed by atoms with van der Waals surface area (Å²) in [4.78, 5) is 24.7. The minimum atomic E-state index is -0.935. The molecule has 1 heterocycles. The third kappa shape index (κ3) is 3.20. The molecule has 0 aliphatic heterocycles. The number of hydrogen-bond donors (Lipinski definition) is 2. The number of aromatic nitrogens is 1. The lowest BCUT2D eigenvalue weighted by atomic mass is 10.1. The Hall–Kier alpha value is -2.69. The molecule has 20 heavy (non-hydrogen) atoms. The van der Waals surface area contributed by atoms with E-state index < -0.39 is 10.9 Å². The first-order valence-electron chi connectivity index (χ1n) is 6.04. The fourth-order valence-corrected chi connectivity index (χ4v) is 1.95. The van der Waals surface area contributed by atoms with Crippen LogP contribution in [-0.2, 0) is 4.79 Å². The van der Waals surface area contributed by atoms with Crippen LogP contribution in [0.25, 0.3) is 0 Å². The van der Waals surface area contributed by atoms with Crippen molar-refractivity contribution in [3.8, 4) is 6.07 Å². The normalized spacial score (nSPS) is 15.2. The molecule has 8 nitrogen and oxygen atoms in total. The molecule has 1 atom stereocenters. The Labute approximate surface area is 114 Å². The van der Waals surface area contributed by atoms with E-state index >= 15 is 0 Å². The lowest BCUT2D eigenvalue weighted by Crippen LogP contribution is -2.26. The molecular weight excluding hydrogens is 264 g/mol. The lowest BCUT2D eigenvalue weighted by molar-refractivity contribution is -0.385. The van der Waals surface area contributed by atoms with Crippen LogP contribution < -0.4 is 5.32 Å². The molecule has 0 bridgehead atoms. The summed E-state index contributed by atoms with van der Waals surface area (Å²) >= 11 is 0. The Kier molecular flexibility index (Phi) is 3.79. The van der Waals surface area contributed by atoms with E-state index in [1.165, 1.54) is 0 Å². The number of pyridine rings is 1. The molecular formula is C12H12N4O4. The zero-order valence-corrected chi connectivity index (χ0v) is 10.4. The third-order valence-corrected chi connectivity index (χ3v) is 3.11. The van der Waals surface area contributed by atoms with Gasteiger partial charge in [-0.1, -0.05) is 0 Å². The molecule has 0 saturated heterocycles. The number of nitrogens with one attached hydrogen (secondary N) is 1. The van der Waals surface area contributed by atoms with Gasteiger partial charge in [-0.15, -0.1) is 0 Å². The largest absolute Gasteiger partial charge is 0.481 e. The highest BCUT2D eigenvalue weighted by Crippen LogP contribution is 2.36. The van der Waals surface area contributed by atoms with Gasteiger partial charge in [-0.25, -0.2) is 4.98 Å². The van der Waals surface area contributed by atoms with Gasteiger partial charge in [0, 0.05) is 12.1 Å². The molecule has 1 unspecified atom stereocenters. The number of nitriles is 1. The number of rotatable bonds is 6. The number of carbonyl (C=O) groups is 1. The molecule has 1 aliphatic rings. The predicted octanol–water partition coefficient (Wildman–Crippen LogP) is 1.53. The van der Waals surface area contributed by atoms with Crippen molar-refractivity contribution in [2.45, 2.75) is 25.3 Å². The number of aliphatic carboxylic acids is 1. The van der Waals surface area contributed by atoms with Crippen LogP contribution in [0.2, 0.25) is 0 Å². The highest BCUT2D eigenvalue weighted by atomic mass is 16.6. The maximum atomic E-state index is 10.8. The van der Waals surface area contributed by atoms with Gasteiger partial charge in [0.1, 0.15) is 23.6 Å². The summed E-state index contributed by atoms with van der Waals surface area (Å²) in [5, 5.41) is 31.4. The van der Waals surface area contributed by atoms with E-state index in [-0.39, 0.29) is 35.4 Å². The molecule has 1 saturated carbocycles. The molecule has 0 aromatic carbocycles. The number of anilines is 1. The Morgan fingerprint density at radius 1 is 1.70 bits per heavy atom. The standard InChI is InChI=1S/C12H12N4O4/c13-5-8-3-9(16(19)20)6-14-12(8)15-10(4-11(17)18)7-1-2-7/h3,6-7,10H,1-2,4H2,(H,14,15)(H,17,18). The van der Waals surface area contributed by atoms with E-state index in [1.54, 1.807) is 0 Å². The van der Waals surface area contributed by atoms with E-state index in [0.29, 0.717) is 0 Å². The molecule has 2 rings (SSSR count). The van der Waals surface area contributed by atoms with Gasteiger partial charge in [0.25, 0.3) is 5.69 Å². The summed E-state index contributed by atoms with van der Waals surface area (Å²) in [6, 6.07) is 2.65. The monoisotopic (exact) mass is 276 g/mol. The zero-order chi connectivity index (χ0) is 14.7. The van der Waals surface area contributed by atoms with E-state index in [0.717, 1.165) is 25.1 Å². The maximum absolute atomic E-state index is 10.8. The van der Waals surface area contributed by atoms with Crippen molar-refractivity contribution in [1.82, 2.24) is 4.98 Å². The first-order chi connectivity index (χ1) is 9.51. The van der Waals surface area contributed by atoms with Crippen molar-refractivity contribution >= 4 is 17.5 Å². The minimum absolute atomic E-state index is 0.0373. The fraction of sp³-hybridized carbons (Fsp3) is 0.417. The van der Waals surface area contributed by atoms with Crippen molar-refractivity contribution in [2.75, 3.05) is 5.32 Å². The first kappa shape index (κ1) is 13.7. The molecule has 0 spiro atoms. The molecule has 0 radical (unpaired) electrons. The SMILES string of the molecule is N#Cc1cc([N+](=O)[O-])cnc1NC(CC(=O)O)C1CC1. The number of nitrogens with zero attached hydrogens (tertiary/aromatic N) is 3. The van der Waals surface area contributed by atoms with Gasteiger partial charge >= 0.3 is 5.97 Å². The zero-order valence-electron chi connectivity index (χ0n) is 10.4. The topological polar surface area (TPSA) is 129 Å². The molecule has 1 aliphatic carbocycles. The Balaban J connectivity index is 2.21. The second-order valence-electron chi connectivity index (χ2n) is 4.64. The van der Waals surface area contributed by atoms with Crippen molar-refractivity contribution in [3.63, 3.8) is 0 Å². The molecule has 0 amide bonds.